The molecule has 3 atom stereocenters. The van der Waals surface area contributed by atoms with Gasteiger partial charge in [-0.2, -0.15) is 0 Å². The van der Waals surface area contributed by atoms with Crippen LogP contribution in [0.4, 0.5) is 0 Å². The molecule has 3 fully saturated rings. The van der Waals surface area contributed by atoms with Crippen LogP contribution in [0, 0.1) is 11.3 Å². The Balaban J connectivity index is 2.13. The Labute approximate surface area is 138 Å². The zero-order valence-electron chi connectivity index (χ0n) is 14.4. The maximum Gasteiger partial charge on any atom is 0.306 e. The molecule has 4 heteroatoms. The minimum Gasteiger partial charge on any atom is -0.453 e. The van der Waals surface area contributed by atoms with Gasteiger partial charge in [-0.3, -0.25) is 4.79 Å². The molecule has 0 aromatic carbocycles. The van der Waals surface area contributed by atoms with Crippen LogP contribution in [-0.4, -0.2) is 30.6 Å². The molecule has 1 unspecified atom stereocenters. The molecule has 0 radical (unpaired) electrons. The van der Waals surface area contributed by atoms with E-state index in [-0.39, 0.29) is 11.4 Å². The van der Waals surface area contributed by atoms with E-state index in [1.807, 2.05) is 6.08 Å². The van der Waals surface area contributed by atoms with Gasteiger partial charge in [0.15, 0.2) is 5.60 Å². The van der Waals surface area contributed by atoms with Crippen molar-refractivity contribution in [3.63, 3.8) is 0 Å². The van der Waals surface area contributed by atoms with Crippen LogP contribution in [0.5, 0.6) is 0 Å². The number of carbonyl (C=O) groups excluding carboxylic acids is 1. The summed E-state index contributed by atoms with van der Waals surface area (Å²) in [6.45, 7) is 13.5. The summed E-state index contributed by atoms with van der Waals surface area (Å²) in [5.74, 6) is -0.654. The predicted octanol–water partition coefficient (Wildman–Crippen LogP) is 3.76. The molecule has 0 aromatic heterocycles. The molecule has 3 rings (SSSR count). The lowest BCUT2D eigenvalue weighted by atomic mass is 9.50. The first-order valence-electron chi connectivity index (χ1n) is 8.67. The molecule has 1 saturated carbocycles. The van der Waals surface area contributed by atoms with Crippen molar-refractivity contribution >= 4 is 5.97 Å². The highest BCUT2D eigenvalue weighted by atomic mass is 16.8. The standard InChI is InChI=1S/C19H28O4/c1-5-6-9-18-17(4,10-8-16(20)23-18)15(14(2)3)7-11-19(18)21-12-13-22-19/h5,15H,1-2,6-13H2,3-4H3/t15-,17-,18?/m1/s1. The molecule has 0 N–H and O–H groups in total. The van der Waals surface area contributed by atoms with E-state index in [0.717, 1.165) is 31.3 Å². The Morgan fingerprint density at radius 3 is 2.65 bits per heavy atom. The Morgan fingerprint density at radius 2 is 2.04 bits per heavy atom. The monoisotopic (exact) mass is 320 g/mol. The smallest absolute Gasteiger partial charge is 0.306 e. The van der Waals surface area contributed by atoms with Gasteiger partial charge in [0, 0.05) is 18.3 Å². The van der Waals surface area contributed by atoms with Crippen molar-refractivity contribution in [3.05, 3.63) is 24.8 Å². The Hall–Kier alpha value is -1.13. The van der Waals surface area contributed by atoms with Crippen molar-refractivity contribution in [2.45, 2.75) is 63.8 Å². The number of carbonyl (C=O) groups is 1. The number of ether oxygens (including phenoxy) is 3. The van der Waals surface area contributed by atoms with Crippen LogP contribution in [0.3, 0.4) is 0 Å². The lowest BCUT2D eigenvalue weighted by Gasteiger charge is -2.63. The summed E-state index contributed by atoms with van der Waals surface area (Å²) in [7, 11) is 0. The highest BCUT2D eigenvalue weighted by Crippen LogP contribution is 2.64. The molecule has 2 aliphatic heterocycles. The van der Waals surface area contributed by atoms with Gasteiger partial charge in [-0.25, -0.2) is 0 Å². The molecule has 23 heavy (non-hydrogen) atoms. The molecule has 2 heterocycles. The average molecular weight is 320 g/mol. The summed E-state index contributed by atoms with van der Waals surface area (Å²) < 4.78 is 18.4. The highest BCUT2D eigenvalue weighted by molar-refractivity contribution is 5.71. The third-order valence-electron chi connectivity index (χ3n) is 6.25. The van der Waals surface area contributed by atoms with Gasteiger partial charge in [-0.15, -0.1) is 6.58 Å². The number of allylic oxidation sites excluding steroid dienone is 2. The van der Waals surface area contributed by atoms with Gasteiger partial charge in [0.25, 0.3) is 0 Å². The number of fused-ring (bicyclic) bond motifs is 2. The largest absolute Gasteiger partial charge is 0.453 e. The first kappa shape index (κ1) is 16.7. The van der Waals surface area contributed by atoms with Gasteiger partial charge < -0.3 is 14.2 Å². The molecule has 0 aromatic rings. The van der Waals surface area contributed by atoms with Gasteiger partial charge in [0.1, 0.15) is 0 Å². The van der Waals surface area contributed by atoms with Crippen LogP contribution in [0.2, 0.25) is 0 Å². The third-order valence-corrected chi connectivity index (χ3v) is 6.25. The Bertz CT molecular complexity index is 519. The van der Waals surface area contributed by atoms with E-state index < -0.39 is 11.4 Å². The van der Waals surface area contributed by atoms with Crippen molar-refractivity contribution < 1.29 is 19.0 Å². The SMILES string of the molecule is C=CCCC12OC(=O)CC[C@]1(C)[C@@H](C(=C)C)CCC21OCCO1. The molecule has 4 nitrogen and oxygen atoms in total. The minimum absolute atomic E-state index is 0.146. The fourth-order valence-corrected chi connectivity index (χ4v) is 5.20. The maximum absolute atomic E-state index is 12.3. The molecule has 3 aliphatic rings. The normalized spacial score (nSPS) is 38.9. The van der Waals surface area contributed by atoms with Crippen LogP contribution in [0.1, 0.15) is 52.4 Å². The van der Waals surface area contributed by atoms with Crippen LogP contribution in [-0.2, 0) is 19.0 Å². The number of hydrogen-bond donors (Lipinski definition) is 0. The zero-order valence-corrected chi connectivity index (χ0v) is 14.4. The molecular weight excluding hydrogens is 292 g/mol. The minimum atomic E-state index is -0.813. The molecule has 1 spiro atoms. The Kier molecular flexibility index (Phi) is 4.18. The molecular formula is C19H28O4. The van der Waals surface area contributed by atoms with Crippen molar-refractivity contribution in [2.75, 3.05) is 13.2 Å². The van der Waals surface area contributed by atoms with E-state index in [2.05, 4.69) is 27.0 Å². The summed E-state index contributed by atoms with van der Waals surface area (Å²) in [4.78, 5) is 12.3. The van der Waals surface area contributed by atoms with E-state index in [1.165, 1.54) is 0 Å². The number of rotatable bonds is 4. The first-order valence-corrected chi connectivity index (χ1v) is 8.67. The van der Waals surface area contributed by atoms with Crippen LogP contribution in [0.15, 0.2) is 24.8 Å². The summed E-state index contributed by atoms with van der Waals surface area (Å²) >= 11 is 0. The topological polar surface area (TPSA) is 44.8 Å². The summed E-state index contributed by atoms with van der Waals surface area (Å²) in [6, 6.07) is 0. The number of esters is 1. The van der Waals surface area contributed by atoms with Crippen LogP contribution in [0.25, 0.3) is 0 Å². The molecule has 0 amide bonds. The van der Waals surface area contributed by atoms with Gasteiger partial charge in [0.2, 0.25) is 5.79 Å². The van der Waals surface area contributed by atoms with E-state index >= 15 is 0 Å². The van der Waals surface area contributed by atoms with Crippen LogP contribution >= 0.6 is 0 Å². The predicted molar refractivity (Wildman–Crippen MR) is 87.8 cm³/mol. The first-order chi connectivity index (χ1) is 10.9. The van der Waals surface area contributed by atoms with Gasteiger partial charge in [-0.05, 0) is 38.5 Å². The second kappa shape index (κ2) is 5.75. The molecule has 0 bridgehead atoms. The molecule has 128 valence electrons. The van der Waals surface area contributed by atoms with Crippen molar-refractivity contribution in [1.29, 1.82) is 0 Å². The maximum atomic E-state index is 12.3. The average Bonchev–Trinajstić information content (AvgIpc) is 2.97. The van der Waals surface area contributed by atoms with E-state index in [4.69, 9.17) is 14.2 Å². The van der Waals surface area contributed by atoms with Gasteiger partial charge in [0.05, 0.1) is 13.2 Å². The van der Waals surface area contributed by atoms with E-state index in [1.54, 1.807) is 0 Å². The summed E-state index contributed by atoms with van der Waals surface area (Å²) in [5.41, 5.74) is 0.168. The quantitative estimate of drug-likeness (QED) is 0.584. The second-order valence-corrected chi connectivity index (χ2v) is 7.43. The zero-order chi connectivity index (χ0) is 16.7. The summed E-state index contributed by atoms with van der Waals surface area (Å²) in [6.07, 6.45) is 6.26. The molecule has 1 aliphatic carbocycles. The third kappa shape index (κ3) is 2.22. The summed E-state index contributed by atoms with van der Waals surface area (Å²) in [5, 5.41) is 0. The fourth-order valence-electron chi connectivity index (χ4n) is 5.20. The highest BCUT2D eigenvalue weighted by Gasteiger charge is 2.72. The molecule has 2 saturated heterocycles. The lowest BCUT2D eigenvalue weighted by Crippen LogP contribution is -2.72. The Morgan fingerprint density at radius 1 is 1.35 bits per heavy atom. The van der Waals surface area contributed by atoms with E-state index in [0.29, 0.717) is 32.0 Å². The van der Waals surface area contributed by atoms with Crippen molar-refractivity contribution in [3.8, 4) is 0 Å². The van der Waals surface area contributed by atoms with Crippen molar-refractivity contribution in [2.24, 2.45) is 11.3 Å². The number of hydrogen-bond acceptors (Lipinski definition) is 4. The van der Waals surface area contributed by atoms with Crippen LogP contribution < -0.4 is 0 Å². The second-order valence-electron chi connectivity index (χ2n) is 7.43. The fraction of sp³-hybridized carbons (Fsp3) is 0.737. The van der Waals surface area contributed by atoms with E-state index in [9.17, 15) is 4.79 Å². The lowest BCUT2D eigenvalue weighted by molar-refractivity contribution is -0.347. The van der Waals surface area contributed by atoms with Gasteiger partial charge in [-0.1, -0.05) is 25.2 Å². The van der Waals surface area contributed by atoms with Gasteiger partial charge >= 0.3 is 5.97 Å². The van der Waals surface area contributed by atoms with Crippen molar-refractivity contribution in [1.82, 2.24) is 0 Å².